The molecule has 2 fully saturated rings. The number of carbonyl (C=O) groups excluding carboxylic acids is 1. The van der Waals surface area contributed by atoms with Gasteiger partial charge in [-0.05, 0) is 68.6 Å². The first-order chi connectivity index (χ1) is 14.9. The largest absolute Gasteiger partial charge is 0.380 e. The molecule has 2 aromatic rings. The number of hydrogen-bond donors (Lipinski definition) is 1. The smallest absolute Gasteiger partial charge is 0.318 e. The fraction of sp³-hybridized carbons (Fsp3) is 0.480. The minimum absolute atomic E-state index is 0.00377. The molecule has 0 aromatic heterocycles. The Kier molecular flexibility index (Phi) is 6.04. The van der Waals surface area contributed by atoms with Gasteiger partial charge in [-0.3, -0.25) is 4.90 Å². The summed E-state index contributed by atoms with van der Waals surface area (Å²) in [6.45, 7) is 1.90. The number of nitrogens with zero attached hydrogens (tertiary/aromatic N) is 2. The molecule has 5 nitrogen and oxygen atoms in total. The van der Waals surface area contributed by atoms with Crippen LogP contribution in [-0.4, -0.2) is 49.1 Å². The van der Waals surface area contributed by atoms with E-state index in [1.54, 1.807) is 19.2 Å². The molecule has 2 amide bonds. The van der Waals surface area contributed by atoms with Gasteiger partial charge in [-0.2, -0.15) is 0 Å². The van der Waals surface area contributed by atoms with Crippen LogP contribution >= 0.6 is 0 Å². The highest BCUT2D eigenvalue weighted by atomic mass is 19.1. The predicted octanol–water partition coefficient (Wildman–Crippen LogP) is 4.27. The third kappa shape index (κ3) is 4.32. The Morgan fingerprint density at radius 2 is 1.74 bits per heavy atom. The van der Waals surface area contributed by atoms with Gasteiger partial charge in [-0.15, -0.1) is 0 Å². The molecule has 2 aliphatic rings. The van der Waals surface area contributed by atoms with Gasteiger partial charge in [0.15, 0.2) is 0 Å². The van der Waals surface area contributed by atoms with E-state index in [9.17, 15) is 9.18 Å². The fourth-order valence-electron chi connectivity index (χ4n) is 5.24. The van der Waals surface area contributed by atoms with Crippen molar-refractivity contribution in [3.63, 3.8) is 0 Å². The van der Waals surface area contributed by atoms with Crippen LogP contribution in [0.15, 0.2) is 48.5 Å². The normalized spacial score (nSPS) is 26.0. The highest BCUT2D eigenvalue weighted by Crippen LogP contribution is 2.46. The Hall–Kier alpha value is -2.44. The number of benzene rings is 2. The van der Waals surface area contributed by atoms with Crippen molar-refractivity contribution in [1.82, 2.24) is 15.1 Å². The summed E-state index contributed by atoms with van der Waals surface area (Å²) in [5.41, 5.74) is 2.84. The molecule has 0 bridgehead atoms. The van der Waals surface area contributed by atoms with E-state index in [2.05, 4.69) is 36.4 Å². The van der Waals surface area contributed by atoms with E-state index in [-0.39, 0.29) is 22.9 Å². The number of hydrogen-bond acceptors (Lipinski definition) is 3. The average Bonchev–Trinajstić information content (AvgIpc) is 3.05. The van der Waals surface area contributed by atoms with Gasteiger partial charge in [-0.1, -0.05) is 36.4 Å². The second-order valence-electron chi connectivity index (χ2n) is 9.25. The maximum absolute atomic E-state index is 13.9. The van der Waals surface area contributed by atoms with Gasteiger partial charge in [0.2, 0.25) is 0 Å². The first-order valence-electron chi connectivity index (χ1n) is 10.9. The van der Waals surface area contributed by atoms with Crippen LogP contribution in [0.3, 0.4) is 0 Å². The molecule has 1 saturated carbocycles. The van der Waals surface area contributed by atoms with Crippen molar-refractivity contribution >= 4 is 6.03 Å². The molecule has 166 valence electrons. The minimum Gasteiger partial charge on any atom is -0.380 e. The molecule has 1 spiro atoms. The Morgan fingerprint density at radius 3 is 2.35 bits per heavy atom. The molecule has 0 radical (unpaired) electrons. The van der Waals surface area contributed by atoms with Crippen molar-refractivity contribution in [2.75, 3.05) is 27.7 Å². The average molecular weight is 426 g/mol. The van der Waals surface area contributed by atoms with Gasteiger partial charge < -0.3 is 15.0 Å². The first kappa shape index (κ1) is 21.8. The lowest BCUT2D eigenvalue weighted by Gasteiger charge is -2.48. The third-order valence-corrected chi connectivity index (χ3v) is 7.11. The summed E-state index contributed by atoms with van der Waals surface area (Å²) in [6, 6.07) is 15.2. The lowest BCUT2D eigenvalue weighted by Crippen LogP contribution is -2.54. The van der Waals surface area contributed by atoms with Crippen LogP contribution in [0.5, 0.6) is 0 Å². The van der Waals surface area contributed by atoms with Crippen molar-refractivity contribution < 1.29 is 13.9 Å². The quantitative estimate of drug-likeness (QED) is 0.752. The standard InChI is InChI=1S/C25H32FN3O2/c1-28(2)25(21-5-4-6-22(26)15-21)13-11-24(12-14-25)18-29(23(30)27-24)16-19-7-9-20(10-8-19)17-31-3/h4-10,15H,11-14,16-18H2,1-3H3,(H,27,30)/t24-,25+. The molecule has 1 N–H and O–H groups in total. The van der Waals surface area contributed by atoms with Gasteiger partial charge in [0.1, 0.15) is 5.82 Å². The zero-order valence-electron chi connectivity index (χ0n) is 18.7. The molecule has 31 heavy (non-hydrogen) atoms. The molecule has 1 aliphatic heterocycles. The molecule has 0 atom stereocenters. The molecule has 1 saturated heterocycles. The molecular formula is C25H32FN3O2. The van der Waals surface area contributed by atoms with Gasteiger partial charge in [0.05, 0.1) is 12.1 Å². The Labute approximate surface area is 184 Å². The number of halogens is 1. The number of nitrogens with one attached hydrogen (secondary N) is 1. The van der Waals surface area contributed by atoms with Crippen LogP contribution in [0, 0.1) is 5.82 Å². The predicted molar refractivity (Wildman–Crippen MR) is 119 cm³/mol. The monoisotopic (exact) mass is 425 g/mol. The van der Waals surface area contributed by atoms with E-state index in [0.29, 0.717) is 19.7 Å². The summed E-state index contributed by atoms with van der Waals surface area (Å²) in [5, 5.41) is 3.29. The Balaban J connectivity index is 1.45. The second kappa shape index (κ2) is 8.60. The topological polar surface area (TPSA) is 44.8 Å². The van der Waals surface area contributed by atoms with Crippen molar-refractivity contribution in [3.8, 4) is 0 Å². The molecule has 1 aliphatic carbocycles. The van der Waals surface area contributed by atoms with E-state index in [1.165, 1.54) is 6.07 Å². The van der Waals surface area contributed by atoms with E-state index in [0.717, 1.165) is 42.4 Å². The summed E-state index contributed by atoms with van der Waals surface area (Å²) < 4.78 is 19.1. The number of carbonyl (C=O) groups is 1. The zero-order valence-corrected chi connectivity index (χ0v) is 18.7. The molecule has 2 aromatic carbocycles. The Bertz CT molecular complexity index is 921. The van der Waals surface area contributed by atoms with Crippen LogP contribution in [0.25, 0.3) is 0 Å². The van der Waals surface area contributed by atoms with Crippen LogP contribution in [-0.2, 0) is 23.4 Å². The molecular weight excluding hydrogens is 393 g/mol. The fourth-order valence-corrected chi connectivity index (χ4v) is 5.24. The van der Waals surface area contributed by atoms with Gasteiger partial charge in [-0.25, -0.2) is 9.18 Å². The minimum atomic E-state index is -0.208. The van der Waals surface area contributed by atoms with E-state index in [1.807, 2.05) is 23.1 Å². The highest BCUT2D eigenvalue weighted by Gasteiger charge is 2.50. The summed E-state index contributed by atoms with van der Waals surface area (Å²) >= 11 is 0. The SMILES string of the molecule is COCc1ccc(CN2C[C@]3(CC[C@](c4cccc(F)c4)(N(C)C)CC3)NC2=O)cc1. The van der Waals surface area contributed by atoms with E-state index in [4.69, 9.17) is 4.74 Å². The lowest BCUT2D eigenvalue weighted by molar-refractivity contribution is 0.0615. The number of urea groups is 1. The molecule has 6 heteroatoms. The first-order valence-corrected chi connectivity index (χ1v) is 10.9. The van der Waals surface area contributed by atoms with Crippen molar-refractivity contribution in [3.05, 3.63) is 71.0 Å². The number of rotatable bonds is 6. The van der Waals surface area contributed by atoms with Gasteiger partial charge in [0, 0.05) is 25.7 Å². The number of ether oxygens (including phenoxy) is 1. The molecule has 0 unspecified atom stereocenters. The van der Waals surface area contributed by atoms with Crippen molar-refractivity contribution in [2.24, 2.45) is 0 Å². The van der Waals surface area contributed by atoms with E-state index >= 15 is 0 Å². The molecule has 1 heterocycles. The maximum Gasteiger partial charge on any atom is 0.318 e. The van der Waals surface area contributed by atoms with Crippen LogP contribution in [0.4, 0.5) is 9.18 Å². The summed E-state index contributed by atoms with van der Waals surface area (Å²) in [5.74, 6) is -0.198. The van der Waals surface area contributed by atoms with Crippen LogP contribution in [0.2, 0.25) is 0 Å². The van der Waals surface area contributed by atoms with Gasteiger partial charge in [0.25, 0.3) is 0 Å². The third-order valence-electron chi connectivity index (χ3n) is 7.11. The lowest BCUT2D eigenvalue weighted by atomic mass is 9.69. The van der Waals surface area contributed by atoms with Crippen molar-refractivity contribution in [2.45, 2.75) is 49.9 Å². The van der Waals surface area contributed by atoms with Gasteiger partial charge >= 0.3 is 6.03 Å². The molecule has 4 rings (SSSR count). The Morgan fingerprint density at radius 1 is 1.06 bits per heavy atom. The van der Waals surface area contributed by atoms with E-state index < -0.39 is 0 Å². The van der Waals surface area contributed by atoms with Crippen LogP contribution < -0.4 is 5.32 Å². The summed E-state index contributed by atoms with van der Waals surface area (Å²) in [4.78, 5) is 16.9. The zero-order chi connectivity index (χ0) is 22.1. The second-order valence-corrected chi connectivity index (χ2v) is 9.25. The maximum atomic E-state index is 13.9. The van der Waals surface area contributed by atoms with Crippen LogP contribution in [0.1, 0.15) is 42.4 Å². The summed E-state index contributed by atoms with van der Waals surface area (Å²) in [7, 11) is 5.82. The summed E-state index contributed by atoms with van der Waals surface area (Å²) in [6.07, 6.45) is 3.50. The number of methoxy groups -OCH3 is 1. The number of amides is 2. The highest BCUT2D eigenvalue weighted by molar-refractivity contribution is 5.78. The van der Waals surface area contributed by atoms with Crippen molar-refractivity contribution in [1.29, 1.82) is 0 Å².